The van der Waals surface area contributed by atoms with Crippen molar-refractivity contribution in [1.29, 1.82) is 0 Å². The maximum atomic E-state index is 4.46. The molecule has 2 aromatic heterocycles. The van der Waals surface area contributed by atoms with E-state index in [1.807, 2.05) is 0 Å². The van der Waals surface area contributed by atoms with Crippen LogP contribution in [-0.4, -0.2) is 45.6 Å². The number of hydrogen-bond acceptors (Lipinski definition) is 5. The quantitative estimate of drug-likeness (QED) is 0.840. The van der Waals surface area contributed by atoms with Crippen LogP contribution < -0.4 is 10.2 Å². The van der Waals surface area contributed by atoms with Crippen LogP contribution in [-0.2, 0) is 0 Å². The van der Waals surface area contributed by atoms with Gasteiger partial charge in [-0.05, 0) is 19.4 Å². The first-order chi connectivity index (χ1) is 8.90. The Hall–Kier alpha value is -1.69. The van der Waals surface area contributed by atoms with Gasteiger partial charge in [0.05, 0.1) is 6.33 Å². The number of rotatable bonds is 4. The van der Waals surface area contributed by atoms with Gasteiger partial charge in [0.1, 0.15) is 11.8 Å². The van der Waals surface area contributed by atoms with Gasteiger partial charge in [-0.25, -0.2) is 15.0 Å². The van der Waals surface area contributed by atoms with Crippen LogP contribution in [0.15, 0.2) is 12.7 Å². The number of anilines is 1. The predicted octanol–water partition coefficient (Wildman–Crippen LogP) is 0.931. The minimum Gasteiger partial charge on any atom is -0.350 e. The third kappa shape index (κ3) is 1.92. The molecule has 18 heavy (non-hydrogen) atoms. The van der Waals surface area contributed by atoms with Crippen molar-refractivity contribution in [3.63, 3.8) is 0 Å². The topological polar surface area (TPSA) is 69.7 Å². The first-order valence-corrected chi connectivity index (χ1v) is 6.51. The molecule has 1 saturated heterocycles. The molecule has 1 aliphatic heterocycles. The number of aromatic amines is 1. The minimum atomic E-state index is 0.520. The van der Waals surface area contributed by atoms with Gasteiger partial charge in [0.15, 0.2) is 11.5 Å². The zero-order valence-electron chi connectivity index (χ0n) is 10.6. The van der Waals surface area contributed by atoms with Crippen molar-refractivity contribution in [2.75, 3.05) is 24.5 Å². The second-order valence-electron chi connectivity index (χ2n) is 4.64. The standard InChI is InChI=1S/C12H18N6/c1-2-5-18(9-3-4-13-6-9)12-10-11(15-7-14-10)16-8-17-12/h7-9,13H,2-6H2,1H3,(H,14,15,16,17). The largest absolute Gasteiger partial charge is 0.350 e. The summed E-state index contributed by atoms with van der Waals surface area (Å²) in [6.07, 6.45) is 5.55. The molecular weight excluding hydrogens is 228 g/mol. The fraction of sp³-hybridized carbons (Fsp3) is 0.583. The molecule has 1 unspecified atom stereocenters. The zero-order valence-corrected chi connectivity index (χ0v) is 10.6. The highest BCUT2D eigenvalue weighted by atomic mass is 15.3. The highest BCUT2D eigenvalue weighted by Gasteiger charge is 2.24. The normalized spacial score (nSPS) is 19.5. The van der Waals surface area contributed by atoms with Gasteiger partial charge in [-0.3, -0.25) is 0 Å². The van der Waals surface area contributed by atoms with E-state index in [0.29, 0.717) is 6.04 Å². The van der Waals surface area contributed by atoms with E-state index in [4.69, 9.17) is 0 Å². The summed E-state index contributed by atoms with van der Waals surface area (Å²) in [5.74, 6) is 0.980. The number of hydrogen-bond donors (Lipinski definition) is 2. The molecule has 0 bridgehead atoms. The number of fused-ring (bicyclic) bond motifs is 1. The van der Waals surface area contributed by atoms with Crippen LogP contribution in [0.1, 0.15) is 19.8 Å². The van der Waals surface area contributed by atoms with E-state index in [-0.39, 0.29) is 0 Å². The second kappa shape index (κ2) is 4.89. The fourth-order valence-corrected chi connectivity index (χ4v) is 2.58. The molecule has 1 fully saturated rings. The Balaban J connectivity index is 2.00. The number of aromatic nitrogens is 4. The summed E-state index contributed by atoms with van der Waals surface area (Å²) < 4.78 is 0. The SMILES string of the molecule is CCCN(c1ncnc2nc[nH]c12)C1CCNC1. The Bertz CT molecular complexity index is 516. The summed E-state index contributed by atoms with van der Waals surface area (Å²) in [6, 6.07) is 0.520. The van der Waals surface area contributed by atoms with Crippen molar-refractivity contribution in [3.8, 4) is 0 Å². The van der Waals surface area contributed by atoms with Crippen molar-refractivity contribution in [2.45, 2.75) is 25.8 Å². The van der Waals surface area contributed by atoms with Crippen LogP contribution in [0, 0.1) is 0 Å². The van der Waals surface area contributed by atoms with Crippen molar-refractivity contribution in [2.24, 2.45) is 0 Å². The lowest BCUT2D eigenvalue weighted by molar-refractivity contribution is 0.619. The molecule has 0 saturated carbocycles. The van der Waals surface area contributed by atoms with Gasteiger partial charge < -0.3 is 15.2 Å². The maximum Gasteiger partial charge on any atom is 0.182 e. The summed E-state index contributed by atoms with van der Waals surface area (Å²) in [6.45, 7) is 5.32. The molecule has 3 rings (SSSR count). The van der Waals surface area contributed by atoms with Crippen LogP contribution in [0.3, 0.4) is 0 Å². The fourth-order valence-electron chi connectivity index (χ4n) is 2.58. The van der Waals surface area contributed by atoms with Crippen LogP contribution in [0.25, 0.3) is 11.2 Å². The number of nitrogens with one attached hydrogen (secondary N) is 2. The minimum absolute atomic E-state index is 0.520. The Kier molecular flexibility index (Phi) is 3.10. The van der Waals surface area contributed by atoms with Gasteiger partial charge in [0, 0.05) is 19.1 Å². The first kappa shape index (κ1) is 11.4. The van der Waals surface area contributed by atoms with E-state index >= 15 is 0 Å². The van der Waals surface area contributed by atoms with E-state index < -0.39 is 0 Å². The summed E-state index contributed by atoms with van der Waals surface area (Å²) in [5.41, 5.74) is 1.69. The molecule has 1 aliphatic rings. The third-order valence-corrected chi connectivity index (χ3v) is 3.41. The average Bonchev–Trinajstić information content (AvgIpc) is 3.06. The Labute approximate surface area is 106 Å². The lowest BCUT2D eigenvalue weighted by Gasteiger charge is -2.29. The molecule has 2 aromatic rings. The second-order valence-corrected chi connectivity index (χ2v) is 4.64. The summed E-state index contributed by atoms with van der Waals surface area (Å²) in [4.78, 5) is 18.4. The smallest absolute Gasteiger partial charge is 0.182 e. The molecule has 0 amide bonds. The number of imidazole rings is 1. The van der Waals surface area contributed by atoms with E-state index in [2.05, 4.69) is 37.1 Å². The lowest BCUT2D eigenvalue weighted by Crippen LogP contribution is -2.38. The highest BCUT2D eigenvalue weighted by molar-refractivity contribution is 5.82. The highest BCUT2D eigenvalue weighted by Crippen LogP contribution is 2.23. The first-order valence-electron chi connectivity index (χ1n) is 6.51. The Morgan fingerprint density at radius 2 is 2.33 bits per heavy atom. The number of nitrogens with zero attached hydrogens (tertiary/aromatic N) is 4. The molecule has 3 heterocycles. The van der Waals surface area contributed by atoms with E-state index in [9.17, 15) is 0 Å². The Morgan fingerprint density at radius 3 is 3.11 bits per heavy atom. The van der Waals surface area contributed by atoms with Gasteiger partial charge in [-0.1, -0.05) is 6.92 Å². The molecule has 0 aliphatic carbocycles. The summed E-state index contributed by atoms with van der Waals surface area (Å²) >= 11 is 0. The molecule has 6 heteroatoms. The molecule has 2 N–H and O–H groups in total. The van der Waals surface area contributed by atoms with Crippen molar-refractivity contribution in [3.05, 3.63) is 12.7 Å². The van der Waals surface area contributed by atoms with Gasteiger partial charge in [0.2, 0.25) is 0 Å². The average molecular weight is 246 g/mol. The van der Waals surface area contributed by atoms with Gasteiger partial charge in [0.25, 0.3) is 0 Å². The van der Waals surface area contributed by atoms with Crippen LogP contribution in [0.4, 0.5) is 5.82 Å². The molecular formula is C12H18N6. The van der Waals surface area contributed by atoms with Crippen molar-refractivity contribution < 1.29 is 0 Å². The lowest BCUT2D eigenvalue weighted by atomic mass is 10.2. The van der Waals surface area contributed by atoms with Crippen molar-refractivity contribution >= 4 is 17.0 Å². The monoisotopic (exact) mass is 246 g/mol. The van der Waals surface area contributed by atoms with Gasteiger partial charge in [-0.15, -0.1) is 0 Å². The summed E-state index contributed by atoms with van der Waals surface area (Å²) in [5, 5.41) is 3.41. The molecule has 6 nitrogen and oxygen atoms in total. The zero-order chi connectivity index (χ0) is 12.4. The molecule has 0 spiro atoms. The molecule has 0 radical (unpaired) electrons. The third-order valence-electron chi connectivity index (χ3n) is 3.41. The van der Waals surface area contributed by atoms with Crippen molar-refractivity contribution in [1.82, 2.24) is 25.3 Å². The maximum absolute atomic E-state index is 4.46. The van der Waals surface area contributed by atoms with Gasteiger partial charge >= 0.3 is 0 Å². The summed E-state index contributed by atoms with van der Waals surface area (Å²) in [7, 11) is 0. The van der Waals surface area contributed by atoms with E-state index in [1.165, 1.54) is 6.42 Å². The van der Waals surface area contributed by atoms with E-state index in [1.54, 1.807) is 12.7 Å². The van der Waals surface area contributed by atoms with Gasteiger partial charge in [-0.2, -0.15) is 0 Å². The molecule has 0 aromatic carbocycles. The predicted molar refractivity (Wildman–Crippen MR) is 70.6 cm³/mol. The Morgan fingerprint density at radius 1 is 1.39 bits per heavy atom. The molecule has 96 valence electrons. The number of H-pyrrole nitrogens is 1. The van der Waals surface area contributed by atoms with Crippen LogP contribution in [0.2, 0.25) is 0 Å². The molecule has 1 atom stereocenters. The van der Waals surface area contributed by atoms with E-state index in [0.717, 1.165) is 43.0 Å². The van der Waals surface area contributed by atoms with Crippen LogP contribution in [0.5, 0.6) is 0 Å². The van der Waals surface area contributed by atoms with Crippen LogP contribution >= 0.6 is 0 Å².